The summed E-state index contributed by atoms with van der Waals surface area (Å²) in [5, 5.41) is 0.872. The summed E-state index contributed by atoms with van der Waals surface area (Å²) < 4.78 is 28.5. The van der Waals surface area contributed by atoms with E-state index in [1.165, 1.54) is 13.2 Å². The number of H-pyrrole nitrogens is 1. The average Bonchev–Trinajstić information content (AvgIpc) is 3.41. The van der Waals surface area contributed by atoms with E-state index in [-0.39, 0.29) is 23.6 Å². The molecule has 0 saturated carbocycles. The Morgan fingerprint density at radius 3 is 2.71 bits per heavy atom. The lowest BCUT2D eigenvalue weighted by atomic mass is 10.1. The van der Waals surface area contributed by atoms with E-state index in [1.54, 1.807) is 30.6 Å². The zero-order valence-corrected chi connectivity index (χ0v) is 20.8. The lowest BCUT2D eigenvalue weighted by Gasteiger charge is -2.19. The number of hydrogen-bond acceptors (Lipinski definition) is 4. The highest BCUT2D eigenvalue weighted by Crippen LogP contribution is 2.38. The van der Waals surface area contributed by atoms with Crippen LogP contribution in [0.25, 0.3) is 33.5 Å². The van der Waals surface area contributed by atoms with Crippen LogP contribution in [-0.2, 0) is 11.5 Å². The zero-order valence-electron chi connectivity index (χ0n) is 19.8. The van der Waals surface area contributed by atoms with Crippen LogP contribution < -0.4 is 10.5 Å². The fraction of sp³-hybridized carbons (Fsp3) is 0.280. The Labute approximate surface area is 198 Å². The van der Waals surface area contributed by atoms with Crippen LogP contribution in [0.5, 0.6) is 5.75 Å². The number of nitrogens with zero attached hydrogens (tertiary/aromatic N) is 2. The molecule has 0 saturated heterocycles. The van der Waals surface area contributed by atoms with Gasteiger partial charge in [0.25, 0.3) is 5.91 Å². The monoisotopic (exact) mass is 480 g/mol. The van der Waals surface area contributed by atoms with Crippen molar-refractivity contribution in [2.75, 3.05) is 13.7 Å². The third-order valence-corrected chi connectivity index (χ3v) is 7.46. The average molecular weight is 481 g/mol. The summed E-state index contributed by atoms with van der Waals surface area (Å²) in [4.78, 5) is 20.0. The molecule has 3 heterocycles. The number of hydrogen-bond donors (Lipinski definition) is 2. The number of pyridine rings is 1. The number of rotatable bonds is 9. The molecular formula is C25H29FN4O3Si. The van der Waals surface area contributed by atoms with Crippen LogP contribution in [0.4, 0.5) is 4.39 Å². The summed E-state index contributed by atoms with van der Waals surface area (Å²) in [6.45, 7) is 7.53. The summed E-state index contributed by atoms with van der Waals surface area (Å²) >= 11 is 0. The maximum Gasteiger partial charge on any atom is 0.250 e. The quantitative estimate of drug-likeness (QED) is 0.252. The van der Waals surface area contributed by atoms with Gasteiger partial charge in [-0.3, -0.25) is 4.79 Å². The Morgan fingerprint density at radius 1 is 1.21 bits per heavy atom. The first-order valence-corrected chi connectivity index (χ1v) is 14.8. The van der Waals surface area contributed by atoms with Crippen molar-refractivity contribution in [3.63, 3.8) is 0 Å². The first-order chi connectivity index (χ1) is 16.2. The lowest BCUT2D eigenvalue weighted by molar-refractivity contribution is 0.0893. The van der Waals surface area contributed by atoms with Gasteiger partial charge < -0.3 is 24.8 Å². The molecule has 0 aliphatic heterocycles. The van der Waals surface area contributed by atoms with Crippen molar-refractivity contribution in [3.05, 3.63) is 60.2 Å². The Morgan fingerprint density at radius 2 is 2.00 bits per heavy atom. The van der Waals surface area contributed by atoms with Crippen LogP contribution in [0.2, 0.25) is 25.7 Å². The van der Waals surface area contributed by atoms with Crippen LogP contribution in [0.1, 0.15) is 10.4 Å². The van der Waals surface area contributed by atoms with Gasteiger partial charge in [0.05, 0.1) is 24.1 Å². The van der Waals surface area contributed by atoms with Gasteiger partial charge in [-0.2, -0.15) is 0 Å². The van der Waals surface area contributed by atoms with Crippen molar-refractivity contribution in [2.45, 2.75) is 32.4 Å². The Hall–Kier alpha value is -3.43. The van der Waals surface area contributed by atoms with Crippen LogP contribution in [0, 0.1) is 5.82 Å². The fourth-order valence-electron chi connectivity index (χ4n) is 3.95. The zero-order chi connectivity index (χ0) is 24.5. The minimum Gasteiger partial charge on any atom is -0.494 e. The van der Waals surface area contributed by atoms with Gasteiger partial charge in [-0.25, -0.2) is 9.37 Å². The highest BCUT2D eigenvalue weighted by molar-refractivity contribution is 6.76. The minimum atomic E-state index is -1.31. The van der Waals surface area contributed by atoms with Crippen LogP contribution in [0.15, 0.2) is 48.8 Å². The van der Waals surface area contributed by atoms with Gasteiger partial charge in [0.1, 0.15) is 12.4 Å². The smallest absolute Gasteiger partial charge is 0.250 e. The molecule has 9 heteroatoms. The van der Waals surface area contributed by atoms with Gasteiger partial charge in [-0.1, -0.05) is 25.7 Å². The molecule has 34 heavy (non-hydrogen) atoms. The Bertz CT molecular complexity index is 1340. The second-order valence-electron chi connectivity index (χ2n) is 9.35. The maximum atomic E-state index is 15.4. The third-order valence-electron chi connectivity index (χ3n) is 5.75. The van der Waals surface area contributed by atoms with Crippen molar-refractivity contribution in [3.8, 4) is 28.3 Å². The highest BCUT2D eigenvalue weighted by atomic mass is 28.3. The number of nitrogens with two attached hydrogens (primary N) is 1. The summed E-state index contributed by atoms with van der Waals surface area (Å²) in [6.07, 6.45) is 3.49. The summed E-state index contributed by atoms with van der Waals surface area (Å²) in [7, 11) is 0.0946. The molecule has 1 amide bonds. The highest BCUT2D eigenvalue weighted by Gasteiger charge is 2.25. The molecule has 3 N–H and O–H groups in total. The standard InChI is InChI=1S/C25H29FN4O3Si/c1-32-21-7-5-6-18(22(21)26)23-19(24(27)31)14-20(30(23)15-33-12-13-34(2,3)4)16-8-10-28-25-17(16)9-11-29-25/h5-11,14H,12-13,15H2,1-4H3,(H2,27,31)(H,28,29). The number of halogens is 1. The molecule has 0 bridgehead atoms. The number of aromatic nitrogens is 3. The topological polar surface area (TPSA) is 95.2 Å². The van der Waals surface area contributed by atoms with Crippen molar-refractivity contribution in [1.29, 1.82) is 0 Å². The summed E-state index contributed by atoms with van der Waals surface area (Å²) in [5.41, 5.74) is 8.78. The van der Waals surface area contributed by atoms with Crippen molar-refractivity contribution in [1.82, 2.24) is 14.5 Å². The molecule has 1 aromatic carbocycles. The number of ether oxygens (including phenoxy) is 2. The van der Waals surface area contributed by atoms with E-state index in [0.29, 0.717) is 23.6 Å². The van der Waals surface area contributed by atoms with Gasteiger partial charge in [0, 0.05) is 43.6 Å². The van der Waals surface area contributed by atoms with Gasteiger partial charge in [0.2, 0.25) is 0 Å². The molecule has 4 aromatic rings. The van der Waals surface area contributed by atoms with Crippen LogP contribution >= 0.6 is 0 Å². The van der Waals surface area contributed by atoms with Crippen molar-refractivity contribution in [2.24, 2.45) is 5.73 Å². The number of aromatic amines is 1. The molecule has 0 aliphatic rings. The van der Waals surface area contributed by atoms with E-state index >= 15 is 4.39 Å². The predicted octanol–water partition coefficient (Wildman–Crippen LogP) is 5.26. The second-order valence-corrected chi connectivity index (χ2v) is 15.0. The summed E-state index contributed by atoms with van der Waals surface area (Å²) in [5.74, 6) is -1.14. The molecule has 3 aromatic heterocycles. The number of nitrogens with one attached hydrogen (secondary N) is 1. The number of carbonyl (C=O) groups excluding carboxylic acids is 1. The Kier molecular flexibility index (Phi) is 6.58. The molecule has 0 radical (unpaired) electrons. The molecule has 4 rings (SSSR count). The lowest BCUT2D eigenvalue weighted by Crippen LogP contribution is -2.22. The predicted molar refractivity (Wildman–Crippen MR) is 134 cm³/mol. The SMILES string of the molecule is COc1cccc(-c2c(C(N)=O)cc(-c3ccnc4[nH]ccc34)n2COCC[Si](C)(C)C)c1F. The number of fused-ring (bicyclic) bond motifs is 1. The normalized spacial score (nSPS) is 11.8. The van der Waals surface area contributed by atoms with Crippen LogP contribution in [0.3, 0.4) is 0 Å². The van der Waals surface area contributed by atoms with Gasteiger partial charge >= 0.3 is 0 Å². The van der Waals surface area contributed by atoms with Crippen molar-refractivity contribution < 1.29 is 18.7 Å². The molecule has 178 valence electrons. The maximum absolute atomic E-state index is 15.4. The number of primary amides is 1. The van der Waals surface area contributed by atoms with E-state index in [0.717, 1.165) is 17.0 Å². The van der Waals surface area contributed by atoms with E-state index in [2.05, 4.69) is 29.6 Å². The van der Waals surface area contributed by atoms with E-state index in [9.17, 15) is 4.79 Å². The van der Waals surface area contributed by atoms with Gasteiger partial charge in [-0.15, -0.1) is 0 Å². The number of methoxy groups -OCH3 is 1. The first-order valence-electron chi connectivity index (χ1n) is 11.1. The van der Waals surface area contributed by atoms with E-state index in [4.69, 9.17) is 15.2 Å². The second kappa shape index (κ2) is 9.44. The third kappa shape index (κ3) is 4.62. The minimum absolute atomic E-state index is 0.0822. The molecule has 0 atom stereocenters. The summed E-state index contributed by atoms with van der Waals surface area (Å²) in [6, 6.07) is 11.3. The number of amides is 1. The van der Waals surface area contributed by atoms with E-state index < -0.39 is 19.8 Å². The van der Waals surface area contributed by atoms with E-state index in [1.807, 2.05) is 16.7 Å². The molecule has 0 fully saturated rings. The molecule has 7 nitrogen and oxygen atoms in total. The largest absolute Gasteiger partial charge is 0.494 e. The molecular weight excluding hydrogens is 451 g/mol. The first kappa shape index (κ1) is 23.7. The molecule has 0 aliphatic carbocycles. The molecule has 0 unspecified atom stereocenters. The van der Waals surface area contributed by atoms with Gasteiger partial charge in [0.15, 0.2) is 11.6 Å². The fourth-order valence-corrected chi connectivity index (χ4v) is 4.71. The Balaban J connectivity index is 1.92. The van der Waals surface area contributed by atoms with Gasteiger partial charge in [-0.05, 0) is 36.4 Å². The number of carbonyl (C=O) groups is 1. The van der Waals surface area contributed by atoms with Crippen molar-refractivity contribution >= 4 is 25.0 Å². The molecule has 0 spiro atoms. The number of benzene rings is 1. The van der Waals surface area contributed by atoms with Crippen LogP contribution in [-0.4, -0.2) is 42.2 Å².